The predicted octanol–water partition coefficient (Wildman–Crippen LogP) is -0.685. The lowest BCUT2D eigenvalue weighted by Crippen LogP contribution is -2.38. The molecule has 1 saturated carbocycles. The molecule has 1 aliphatic carbocycles. The number of carbonyl (C=O) groups excluding carboxylic acids is 2. The van der Waals surface area contributed by atoms with Gasteiger partial charge in [0.1, 0.15) is 0 Å². The number of nitrogens with zero attached hydrogens (tertiary/aromatic N) is 2. The second-order valence-corrected chi connectivity index (χ2v) is 4.02. The number of nitrogens with one attached hydrogen (secondary N) is 2. The van der Waals surface area contributed by atoms with Gasteiger partial charge in [-0.15, -0.1) is 0 Å². The van der Waals surface area contributed by atoms with Crippen LogP contribution in [0, 0.1) is 6.92 Å². The van der Waals surface area contributed by atoms with E-state index >= 15 is 0 Å². The highest BCUT2D eigenvalue weighted by Crippen LogP contribution is 2.18. The molecule has 1 aromatic rings. The highest BCUT2D eigenvalue weighted by Gasteiger charge is 2.23. The van der Waals surface area contributed by atoms with Crippen LogP contribution in [0.15, 0.2) is 4.52 Å². The fourth-order valence-electron chi connectivity index (χ4n) is 1.30. The summed E-state index contributed by atoms with van der Waals surface area (Å²) in [6, 6.07) is 0.305. The third-order valence-electron chi connectivity index (χ3n) is 2.28. The molecule has 0 spiro atoms. The largest absolute Gasteiger partial charge is 0.352 e. The van der Waals surface area contributed by atoms with E-state index < -0.39 is 0 Å². The fraction of sp³-hybridized carbons (Fsp3) is 0.600. The van der Waals surface area contributed by atoms with Crippen LogP contribution in [0.1, 0.15) is 24.6 Å². The topological polar surface area (TPSA) is 97.1 Å². The Morgan fingerprint density at radius 3 is 2.76 bits per heavy atom. The first-order valence-corrected chi connectivity index (χ1v) is 5.49. The van der Waals surface area contributed by atoms with E-state index in [0.717, 1.165) is 12.8 Å². The minimum atomic E-state index is -0.295. The van der Waals surface area contributed by atoms with Crippen molar-refractivity contribution in [2.24, 2.45) is 0 Å². The first-order chi connectivity index (χ1) is 8.13. The molecule has 7 nitrogen and oxygen atoms in total. The van der Waals surface area contributed by atoms with Crippen molar-refractivity contribution in [3.05, 3.63) is 11.7 Å². The van der Waals surface area contributed by atoms with Gasteiger partial charge in [0.15, 0.2) is 5.82 Å². The minimum Gasteiger partial charge on any atom is -0.352 e. The Bertz CT molecular complexity index is 425. The molecule has 1 aromatic heterocycles. The summed E-state index contributed by atoms with van der Waals surface area (Å²) in [7, 11) is 0. The fourth-order valence-corrected chi connectivity index (χ4v) is 1.30. The lowest BCUT2D eigenvalue weighted by atomic mass is 10.4. The van der Waals surface area contributed by atoms with Gasteiger partial charge in [0.2, 0.25) is 17.7 Å². The minimum absolute atomic E-state index is 0.00777. The maximum atomic E-state index is 11.4. The maximum absolute atomic E-state index is 11.4. The van der Waals surface area contributed by atoms with Crippen molar-refractivity contribution in [1.29, 1.82) is 0 Å². The van der Waals surface area contributed by atoms with Crippen molar-refractivity contribution in [1.82, 2.24) is 20.8 Å². The quantitative estimate of drug-likeness (QED) is 0.708. The van der Waals surface area contributed by atoms with Crippen molar-refractivity contribution < 1.29 is 14.1 Å². The van der Waals surface area contributed by atoms with E-state index in [2.05, 4.69) is 20.8 Å². The lowest BCUT2D eigenvalue weighted by Gasteiger charge is -2.04. The van der Waals surface area contributed by atoms with Crippen LogP contribution in [-0.4, -0.2) is 34.5 Å². The number of hydrogen-bond acceptors (Lipinski definition) is 5. The molecule has 1 heterocycles. The molecule has 0 atom stereocenters. The third-order valence-corrected chi connectivity index (χ3v) is 2.28. The Balaban J connectivity index is 1.68. The average Bonchev–Trinajstić information content (AvgIpc) is 2.99. The molecule has 92 valence electrons. The zero-order chi connectivity index (χ0) is 12.3. The van der Waals surface area contributed by atoms with Crippen LogP contribution in [0.3, 0.4) is 0 Å². The van der Waals surface area contributed by atoms with Crippen LogP contribution in [0.2, 0.25) is 0 Å². The van der Waals surface area contributed by atoms with Gasteiger partial charge in [0.05, 0.1) is 13.0 Å². The van der Waals surface area contributed by atoms with Gasteiger partial charge >= 0.3 is 0 Å². The van der Waals surface area contributed by atoms with Gasteiger partial charge in [-0.05, 0) is 12.8 Å². The van der Waals surface area contributed by atoms with Crippen molar-refractivity contribution in [3.63, 3.8) is 0 Å². The monoisotopic (exact) mass is 238 g/mol. The Labute approximate surface area is 98.0 Å². The Hall–Kier alpha value is -1.92. The van der Waals surface area contributed by atoms with Crippen LogP contribution >= 0.6 is 0 Å². The molecule has 1 aliphatic rings. The van der Waals surface area contributed by atoms with Gasteiger partial charge in [0, 0.05) is 13.0 Å². The van der Waals surface area contributed by atoms with E-state index in [0.29, 0.717) is 17.8 Å². The standard InChI is InChI=1S/C10H14N4O3/c1-6-12-8(14-17-6)4-9(15)11-5-10(16)13-7-2-3-7/h7H,2-5H2,1H3,(H,11,15)(H,13,16). The van der Waals surface area contributed by atoms with E-state index in [1.165, 1.54) is 0 Å². The van der Waals surface area contributed by atoms with E-state index in [-0.39, 0.29) is 24.8 Å². The van der Waals surface area contributed by atoms with Crippen LogP contribution in [0.5, 0.6) is 0 Å². The number of hydrogen-bond donors (Lipinski definition) is 2. The molecule has 7 heteroatoms. The molecule has 2 amide bonds. The molecule has 0 bridgehead atoms. The summed E-state index contributed by atoms with van der Waals surface area (Å²) in [4.78, 5) is 26.6. The van der Waals surface area contributed by atoms with Gasteiger partial charge in [-0.3, -0.25) is 9.59 Å². The molecular formula is C10H14N4O3. The van der Waals surface area contributed by atoms with Crippen LogP contribution in [0.25, 0.3) is 0 Å². The zero-order valence-corrected chi connectivity index (χ0v) is 9.52. The van der Waals surface area contributed by atoms with E-state index in [9.17, 15) is 9.59 Å². The molecule has 0 unspecified atom stereocenters. The van der Waals surface area contributed by atoms with Gasteiger partial charge in [-0.2, -0.15) is 4.98 Å². The molecule has 1 fully saturated rings. The molecule has 2 N–H and O–H groups in total. The second-order valence-electron chi connectivity index (χ2n) is 4.02. The van der Waals surface area contributed by atoms with E-state index in [1.54, 1.807) is 6.92 Å². The van der Waals surface area contributed by atoms with Crippen LogP contribution in [0.4, 0.5) is 0 Å². The summed E-state index contributed by atoms with van der Waals surface area (Å²) in [5.74, 6) is 0.281. The zero-order valence-electron chi connectivity index (χ0n) is 9.52. The number of rotatable bonds is 5. The molecular weight excluding hydrogens is 224 g/mol. The number of amides is 2. The molecule has 0 saturated heterocycles. The van der Waals surface area contributed by atoms with Crippen molar-refractivity contribution >= 4 is 11.8 Å². The van der Waals surface area contributed by atoms with Crippen molar-refractivity contribution in [2.45, 2.75) is 32.2 Å². The van der Waals surface area contributed by atoms with E-state index in [4.69, 9.17) is 4.52 Å². The van der Waals surface area contributed by atoms with Gasteiger partial charge < -0.3 is 15.2 Å². The maximum Gasteiger partial charge on any atom is 0.239 e. The van der Waals surface area contributed by atoms with Gasteiger partial charge in [-0.25, -0.2) is 0 Å². The van der Waals surface area contributed by atoms with Gasteiger partial charge in [0.25, 0.3) is 0 Å². The summed E-state index contributed by atoms with van der Waals surface area (Å²) in [5, 5.41) is 8.87. The lowest BCUT2D eigenvalue weighted by molar-refractivity contribution is -0.125. The predicted molar refractivity (Wildman–Crippen MR) is 56.9 cm³/mol. The average molecular weight is 238 g/mol. The summed E-state index contributed by atoms with van der Waals surface area (Å²) in [6.45, 7) is 1.64. The third kappa shape index (κ3) is 3.86. The molecule has 0 radical (unpaired) electrons. The van der Waals surface area contributed by atoms with Crippen molar-refractivity contribution in [3.8, 4) is 0 Å². The SMILES string of the molecule is Cc1nc(CC(=O)NCC(=O)NC2CC2)no1. The number of aromatic nitrogens is 2. The summed E-state index contributed by atoms with van der Waals surface area (Å²) in [6.07, 6.45) is 2.08. The summed E-state index contributed by atoms with van der Waals surface area (Å²) in [5.41, 5.74) is 0. The summed E-state index contributed by atoms with van der Waals surface area (Å²) < 4.78 is 4.73. The number of carbonyl (C=O) groups is 2. The Kier molecular flexibility index (Phi) is 3.36. The highest BCUT2D eigenvalue weighted by atomic mass is 16.5. The molecule has 0 aliphatic heterocycles. The first-order valence-electron chi connectivity index (χ1n) is 5.49. The van der Waals surface area contributed by atoms with Crippen molar-refractivity contribution in [2.75, 3.05) is 6.54 Å². The summed E-state index contributed by atoms with van der Waals surface area (Å²) >= 11 is 0. The van der Waals surface area contributed by atoms with Gasteiger partial charge in [-0.1, -0.05) is 5.16 Å². The smallest absolute Gasteiger partial charge is 0.239 e. The molecule has 0 aromatic carbocycles. The van der Waals surface area contributed by atoms with Crippen LogP contribution < -0.4 is 10.6 Å². The second kappa shape index (κ2) is 4.94. The molecule has 2 rings (SSSR count). The Morgan fingerprint density at radius 2 is 2.18 bits per heavy atom. The Morgan fingerprint density at radius 1 is 1.41 bits per heavy atom. The normalized spacial score (nSPS) is 14.4. The van der Waals surface area contributed by atoms with E-state index in [1.807, 2.05) is 0 Å². The molecule has 17 heavy (non-hydrogen) atoms. The number of aryl methyl sites for hydroxylation is 1. The highest BCUT2D eigenvalue weighted by molar-refractivity contribution is 5.85. The first kappa shape index (κ1) is 11.6. The van der Waals surface area contributed by atoms with Crippen LogP contribution in [-0.2, 0) is 16.0 Å².